The summed E-state index contributed by atoms with van der Waals surface area (Å²) >= 11 is 1.59. The number of hydrogen-bond donors (Lipinski definition) is 2. The summed E-state index contributed by atoms with van der Waals surface area (Å²) in [5.74, 6) is -1.49. The van der Waals surface area contributed by atoms with E-state index in [1.165, 1.54) is 17.0 Å². The van der Waals surface area contributed by atoms with Crippen molar-refractivity contribution in [1.82, 2.24) is 9.80 Å². The SMILES string of the molecule is CN(C)C(CN1C(=O)C(=O)/C(=C(\O)c2ccccc2)C1c1ccc(O)cc1)c1cccs1. The number of benzene rings is 2. The molecule has 3 aromatic rings. The van der Waals surface area contributed by atoms with Crippen molar-refractivity contribution in [3.8, 4) is 5.75 Å². The van der Waals surface area contributed by atoms with Gasteiger partial charge in [0.15, 0.2) is 0 Å². The number of phenols is 1. The van der Waals surface area contributed by atoms with Gasteiger partial charge in [-0.15, -0.1) is 11.3 Å². The number of ketones is 1. The Morgan fingerprint density at radius 2 is 1.72 bits per heavy atom. The molecule has 2 atom stereocenters. The van der Waals surface area contributed by atoms with Crippen LogP contribution in [0, 0.1) is 0 Å². The van der Waals surface area contributed by atoms with E-state index < -0.39 is 17.7 Å². The second kappa shape index (κ2) is 8.98. The third-order valence-electron chi connectivity index (χ3n) is 5.66. The first-order chi connectivity index (χ1) is 15.4. The lowest BCUT2D eigenvalue weighted by Crippen LogP contribution is -2.37. The first kappa shape index (κ1) is 21.8. The second-order valence-corrected chi connectivity index (χ2v) is 8.88. The van der Waals surface area contributed by atoms with Gasteiger partial charge in [0.05, 0.1) is 17.7 Å². The number of thiophene rings is 1. The van der Waals surface area contributed by atoms with Gasteiger partial charge in [0.25, 0.3) is 11.7 Å². The molecule has 1 aliphatic rings. The Bertz CT molecular complexity index is 1140. The molecule has 0 aliphatic carbocycles. The Labute approximate surface area is 190 Å². The number of aromatic hydroxyl groups is 1. The molecule has 1 amide bonds. The smallest absolute Gasteiger partial charge is 0.295 e. The van der Waals surface area contributed by atoms with E-state index in [0.29, 0.717) is 11.1 Å². The van der Waals surface area contributed by atoms with Crippen LogP contribution in [0.3, 0.4) is 0 Å². The molecule has 0 saturated carbocycles. The van der Waals surface area contributed by atoms with Crippen LogP contribution in [0.4, 0.5) is 0 Å². The third-order valence-corrected chi connectivity index (χ3v) is 6.63. The first-order valence-electron chi connectivity index (χ1n) is 10.2. The minimum absolute atomic E-state index is 0.0515. The molecular formula is C25H24N2O4S. The van der Waals surface area contributed by atoms with E-state index in [4.69, 9.17) is 0 Å². The Hall–Kier alpha value is -3.42. The highest BCUT2D eigenvalue weighted by atomic mass is 32.1. The van der Waals surface area contributed by atoms with Crippen LogP contribution >= 0.6 is 11.3 Å². The van der Waals surface area contributed by atoms with E-state index in [-0.39, 0.29) is 29.7 Å². The van der Waals surface area contributed by atoms with Crippen molar-refractivity contribution in [2.45, 2.75) is 12.1 Å². The van der Waals surface area contributed by atoms with E-state index in [9.17, 15) is 19.8 Å². The Balaban J connectivity index is 1.84. The Morgan fingerprint density at radius 1 is 1.03 bits per heavy atom. The number of rotatable bonds is 6. The number of Topliss-reactive ketones (excluding diaryl/α,β-unsaturated/α-hetero) is 1. The van der Waals surface area contributed by atoms with Gasteiger partial charge in [-0.3, -0.25) is 9.59 Å². The van der Waals surface area contributed by atoms with Crippen LogP contribution in [0.15, 0.2) is 77.7 Å². The molecule has 1 saturated heterocycles. The van der Waals surface area contributed by atoms with Gasteiger partial charge in [-0.1, -0.05) is 48.5 Å². The molecule has 4 rings (SSSR count). The zero-order chi connectivity index (χ0) is 22.8. The zero-order valence-electron chi connectivity index (χ0n) is 17.8. The molecule has 2 aromatic carbocycles. The highest BCUT2D eigenvalue weighted by molar-refractivity contribution is 7.10. The van der Waals surface area contributed by atoms with Crippen LogP contribution in [-0.4, -0.2) is 52.3 Å². The average Bonchev–Trinajstić information content (AvgIpc) is 3.40. The van der Waals surface area contributed by atoms with Gasteiger partial charge in [-0.05, 0) is 43.2 Å². The van der Waals surface area contributed by atoms with E-state index in [1.807, 2.05) is 42.6 Å². The molecule has 7 heteroatoms. The van der Waals surface area contributed by atoms with Crippen LogP contribution in [-0.2, 0) is 9.59 Å². The Kier molecular flexibility index (Phi) is 6.12. The van der Waals surface area contributed by atoms with Gasteiger partial charge in [-0.2, -0.15) is 0 Å². The van der Waals surface area contributed by atoms with Gasteiger partial charge in [0.2, 0.25) is 0 Å². The fourth-order valence-corrected chi connectivity index (χ4v) is 4.91. The molecule has 32 heavy (non-hydrogen) atoms. The molecule has 164 valence electrons. The van der Waals surface area contributed by atoms with Crippen molar-refractivity contribution in [3.05, 3.63) is 93.7 Å². The molecule has 2 heterocycles. The maximum atomic E-state index is 13.2. The summed E-state index contributed by atoms with van der Waals surface area (Å²) in [6, 6.07) is 18.2. The van der Waals surface area contributed by atoms with E-state index in [2.05, 4.69) is 0 Å². The fourth-order valence-electron chi connectivity index (χ4n) is 4.00. The lowest BCUT2D eigenvalue weighted by atomic mass is 9.95. The molecule has 1 aliphatic heterocycles. The van der Waals surface area contributed by atoms with Crippen LogP contribution in [0.25, 0.3) is 5.76 Å². The average molecular weight is 449 g/mol. The number of nitrogens with zero attached hydrogens (tertiary/aromatic N) is 2. The number of carbonyl (C=O) groups excluding carboxylic acids is 2. The number of aliphatic hydroxyl groups excluding tert-OH is 1. The molecule has 1 aromatic heterocycles. The summed E-state index contributed by atoms with van der Waals surface area (Å²) in [4.78, 5) is 31.0. The van der Waals surface area contributed by atoms with Crippen LogP contribution in [0.1, 0.15) is 28.1 Å². The van der Waals surface area contributed by atoms with Crippen LogP contribution < -0.4 is 0 Å². The summed E-state index contributed by atoms with van der Waals surface area (Å²) < 4.78 is 0. The number of amides is 1. The number of hydrogen-bond acceptors (Lipinski definition) is 6. The van der Waals surface area contributed by atoms with Crippen molar-refractivity contribution >= 4 is 28.8 Å². The van der Waals surface area contributed by atoms with E-state index >= 15 is 0 Å². The predicted molar refractivity (Wildman–Crippen MR) is 124 cm³/mol. The summed E-state index contributed by atoms with van der Waals surface area (Å²) in [5.41, 5.74) is 1.16. The molecule has 0 bridgehead atoms. The maximum Gasteiger partial charge on any atom is 0.295 e. The van der Waals surface area contributed by atoms with Crippen LogP contribution in [0.2, 0.25) is 0 Å². The monoisotopic (exact) mass is 448 g/mol. The molecule has 2 unspecified atom stereocenters. The lowest BCUT2D eigenvalue weighted by molar-refractivity contribution is -0.140. The normalized spacial score (nSPS) is 19.0. The molecule has 0 spiro atoms. The maximum absolute atomic E-state index is 13.2. The molecule has 1 fully saturated rings. The number of carbonyl (C=O) groups is 2. The molecule has 6 nitrogen and oxygen atoms in total. The predicted octanol–water partition coefficient (Wildman–Crippen LogP) is 4.18. The van der Waals surface area contributed by atoms with Gasteiger partial charge >= 0.3 is 0 Å². The topological polar surface area (TPSA) is 81.1 Å². The van der Waals surface area contributed by atoms with Gasteiger partial charge in [0.1, 0.15) is 11.5 Å². The largest absolute Gasteiger partial charge is 0.508 e. The third kappa shape index (κ3) is 4.04. The molecule has 0 radical (unpaired) electrons. The van der Waals surface area contributed by atoms with Gasteiger partial charge in [0, 0.05) is 17.0 Å². The standard InChI is InChI=1S/C25H24N2O4S/c1-26(2)19(20-9-6-14-32-20)15-27-22(16-10-12-18(28)13-11-16)21(24(30)25(27)31)23(29)17-7-4-3-5-8-17/h3-14,19,22,28-29H,15H2,1-2H3/b23-21-. The number of phenolic OH excluding ortho intramolecular Hbond substituents is 1. The lowest BCUT2D eigenvalue weighted by Gasteiger charge is -2.32. The summed E-state index contributed by atoms with van der Waals surface area (Å²) in [6.07, 6.45) is 0. The van der Waals surface area contributed by atoms with Crippen molar-refractivity contribution in [2.75, 3.05) is 20.6 Å². The van der Waals surface area contributed by atoms with Crippen molar-refractivity contribution in [2.24, 2.45) is 0 Å². The quantitative estimate of drug-likeness (QED) is 0.336. The molecule has 2 N–H and O–H groups in total. The highest BCUT2D eigenvalue weighted by Gasteiger charge is 2.47. The van der Waals surface area contributed by atoms with Crippen LogP contribution in [0.5, 0.6) is 5.75 Å². The highest BCUT2D eigenvalue weighted by Crippen LogP contribution is 2.41. The Morgan fingerprint density at radius 3 is 2.31 bits per heavy atom. The second-order valence-electron chi connectivity index (χ2n) is 7.90. The van der Waals surface area contributed by atoms with Crippen molar-refractivity contribution < 1.29 is 19.8 Å². The summed E-state index contributed by atoms with van der Waals surface area (Å²) in [6.45, 7) is 0.273. The fraction of sp³-hybridized carbons (Fsp3) is 0.200. The van der Waals surface area contributed by atoms with E-state index in [0.717, 1.165) is 4.88 Å². The minimum atomic E-state index is -0.766. The molecular weight excluding hydrogens is 424 g/mol. The minimum Gasteiger partial charge on any atom is -0.508 e. The van der Waals surface area contributed by atoms with Gasteiger partial charge in [-0.25, -0.2) is 0 Å². The van der Waals surface area contributed by atoms with Crippen molar-refractivity contribution in [1.29, 1.82) is 0 Å². The number of aliphatic hydroxyl groups is 1. The number of likely N-dealkylation sites (tertiary alicyclic amines) is 1. The zero-order valence-corrected chi connectivity index (χ0v) is 18.6. The first-order valence-corrected chi connectivity index (χ1v) is 11.1. The van der Waals surface area contributed by atoms with Gasteiger partial charge < -0.3 is 20.0 Å². The summed E-state index contributed by atoms with van der Waals surface area (Å²) in [7, 11) is 3.86. The summed E-state index contributed by atoms with van der Waals surface area (Å²) in [5, 5.41) is 22.8. The van der Waals surface area contributed by atoms with E-state index in [1.54, 1.807) is 47.7 Å². The number of likely N-dealkylation sites (N-methyl/N-ethyl adjacent to an activating group) is 1. The van der Waals surface area contributed by atoms with Crippen molar-refractivity contribution in [3.63, 3.8) is 0 Å².